The molecule has 8 nitrogen and oxygen atoms in total. The standard InChI is InChI=1S/C21H17N5O3/c1-2-29-21(28)16-5-3-4-6-17(16)26-19-13-23-18(12-24-19)20(27)25-15-9-7-14(11-22)8-10-15/h3-10,12-13H,2H2,1H3,(H,24,26)(H,25,27). The van der Waals surface area contributed by atoms with E-state index in [-0.39, 0.29) is 12.3 Å². The Labute approximate surface area is 167 Å². The highest BCUT2D eigenvalue weighted by molar-refractivity contribution is 6.02. The van der Waals surface area contributed by atoms with Crippen molar-refractivity contribution in [2.75, 3.05) is 17.2 Å². The molecule has 0 spiro atoms. The average Bonchev–Trinajstić information content (AvgIpc) is 2.75. The van der Waals surface area contributed by atoms with Crippen LogP contribution in [0.3, 0.4) is 0 Å². The van der Waals surface area contributed by atoms with Crippen molar-refractivity contribution in [1.82, 2.24) is 9.97 Å². The van der Waals surface area contributed by atoms with Gasteiger partial charge < -0.3 is 15.4 Å². The Hall–Kier alpha value is -4.25. The van der Waals surface area contributed by atoms with Crippen molar-refractivity contribution < 1.29 is 14.3 Å². The maximum absolute atomic E-state index is 12.3. The first kappa shape index (κ1) is 19.5. The molecule has 0 saturated heterocycles. The third kappa shape index (κ3) is 4.93. The van der Waals surface area contributed by atoms with Crippen LogP contribution in [0.25, 0.3) is 0 Å². The highest BCUT2D eigenvalue weighted by Crippen LogP contribution is 2.20. The summed E-state index contributed by atoms with van der Waals surface area (Å²) < 4.78 is 5.04. The number of esters is 1. The molecule has 2 aromatic carbocycles. The minimum absolute atomic E-state index is 0.124. The molecule has 1 aromatic heterocycles. The van der Waals surface area contributed by atoms with E-state index in [2.05, 4.69) is 20.6 Å². The molecule has 8 heteroatoms. The van der Waals surface area contributed by atoms with Gasteiger partial charge in [-0.3, -0.25) is 4.79 Å². The van der Waals surface area contributed by atoms with Crippen LogP contribution in [0, 0.1) is 11.3 Å². The van der Waals surface area contributed by atoms with E-state index in [1.165, 1.54) is 12.4 Å². The molecule has 0 radical (unpaired) electrons. The van der Waals surface area contributed by atoms with E-state index in [4.69, 9.17) is 10.00 Å². The van der Waals surface area contributed by atoms with Gasteiger partial charge in [0.05, 0.1) is 41.9 Å². The van der Waals surface area contributed by atoms with Gasteiger partial charge in [0.25, 0.3) is 5.91 Å². The molecule has 2 N–H and O–H groups in total. The Bertz CT molecular complexity index is 1060. The Morgan fingerprint density at radius 1 is 1.07 bits per heavy atom. The van der Waals surface area contributed by atoms with Crippen LogP contribution in [0.2, 0.25) is 0 Å². The third-order valence-electron chi connectivity index (χ3n) is 3.84. The number of nitrogens with one attached hydrogen (secondary N) is 2. The van der Waals surface area contributed by atoms with E-state index in [0.717, 1.165) is 0 Å². The lowest BCUT2D eigenvalue weighted by Crippen LogP contribution is -2.14. The van der Waals surface area contributed by atoms with Gasteiger partial charge >= 0.3 is 5.97 Å². The van der Waals surface area contributed by atoms with Crippen LogP contribution in [0.4, 0.5) is 17.2 Å². The van der Waals surface area contributed by atoms with Crippen LogP contribution in [0.15, 0.2) is 60.9 Å². The van der Waals surface area contributed by atoms with E-state index < -0.39 is 11.9 Å². The van der Waals surface area contributed by atoms with Gasteiger partial charge in [0, 0.05) is 5.69 Å². The molecule has 1 heterocycles. The number of nitriles is 1. The summed E-state index contributed by atoms with van der Waals surface area (Å²) in [5.41, 5.74) is 2.06. The monoisotopic (exact) mass is 387 g/mol. The molecule has 0 fully saturated rings. The highest BCUT2D eigenvalue weighted by atomic mass is 16.5. The second-order valence-electron chi connectivity index (χ2n) is 5.82. The first-order valence-corrected chi connectivity index (χ1v) is 8.77. The maximum Gasteiger partial charge on any atom is 0.340 e. The van der Waals surface area contributed by atoms with Gasteiger partial charge in [-0.15, -0.1) is 0 Å². The second-order valence-corrected chi connectivity index (χ2v) is 5.82. The Kier molecular flexibility index (Phi) is 6.12. The molecule has 0 unspecified atom stereocenters. The van der Waals surface area contributed by atoms with Gasteiger partial charge in [-0.05, 0) is 43.3 Å². The van der Waals surface area contributed by atoms with E-state index in [1.807, 2.05) is 6.07 Å². The number of carbonyl (C=O) groups excluding carboxylic acids is 2. The van der Waals surface area contributed by atoms with Gasteiger partial charge in [0.2, 0.25) is 0 Å². The molecule has 3 aromatic rings. The molecule has 0 aliphatic rings. The number of nitrogens with zero attached hydrogens (tertiary/aromatic N) is 3. The van der Waals surface area contributed by atoms with Gasteiger partial charge in [0.1, 0.15) is 11.5 Å². The zero-order valence-corrected chi connectivity index (χ0v) is 15.5. The first-order valence-electron chi connectivity index (χ1n) is 8.77. The number of ether oxygens (including phenoxy) is 1. The smallest absolute Gasteiger partial charge is 0.340 e. The van der Waals surface area contributed by atoms with Crippen LogP contribution in [0.1, 0.15) is 33.3 Å². The summed E-state index contributed by atoms with van der Waals surface area (Å²) in [5.74, 6) is -0.501. The molecule has 3 rings (SSSR count). The Morgan fingerprint density at radius 3 is 2.48 bits per heavy atom. The SMILES string of the molecule is CCOC(=O)c1ccccc1Nc1cnc(C(=O)Nc2ccc(C#N)cc2)cn1. The number of amides is 1. The van der Waals surface area contributed by atoms with Gasteiger partial charge in [-0.25, -0.2) is 14.8 Å². The minimum Gasteiger partial charge on any atom is -0.462 e. The lowest BCUT2D eigenvalue weighted by Gasteiger charge is -2.10. The van der Waals surface area contributed by atoms with Gasteiger partial charge in [0.15, 0.2) is 0 Å². The van der Waals surface area contributed by atoms with E-state index in [9.17, 15) is 9.59 Å². The van der Waals surface area contributed by atoms with Crippen LogP contribution in [-0.2, 0) is 4.74 Å². The van der Waals surface area contributed by atoms with Crippen molar-refractivity contribution in [3.8, 4) is 6.07 Å². The quantitative estimate of drug-likeness (QED) is 0.621. The predicted molar refractivity (Wildman–Crippen MR) is 107 cm³/mol. The van der Waals surface area contributed by atoms with Crippen molar-refractivity contribution in [2.45, 2.75) is 6.92 Å². The number of hydrogen-bond donors (Lipinski definition) is 2. The summed E-state index contributed by atoms with van der Waals surface area (Å²) in [6, 6.07) is 15.4. The summed E-state index contributed by atoms with van der Waals surface area (Å²) in [6.07, 6.45) is 2.73. The fourth-order valence-electron chi connectivity index (χ4n) is 2.45. The van der Waals surface area contributed by atoms with Gasteiger partial charge in [-0.1, -0.05) is 12.1 Å². The number of hydrogen-bond acceptors (Lipinski definition) is 7. The molecule has 144 valence electrons. The zero-order chi connectivity index (χ0) is 20.6. The molecule has 0 aliphatic carbocycles. The average molecular weight is 387 g/mol. The number of anilines is 3. The fraction of sp³-hybridized carbons (Fsp3) is 0.0952. The number of carbonyl (C=O) groups is 2. The minimum atomic E-state index is -0.443. The van der Waals surface area contributed by atoms with Crippen LogP contribution in [0.5, 0.6) is 0 Å². The lowest BCUT2D eigenvalue weighted by atomic mass is 10.2. The van der Waals surface area contributed by atoms with Crippen molar-refractivity contribution in [1.29, 1.82) is 5.26 Å². The summed E-state index contributed by atoms with van der Waals surface area (Å²) in [6.45, 7) is 2.01. The fourth-order valence-corrected chi connectivity index (χ4v) is 2.45. The van der Waals surface area contributed by atoms with Gasteiger partial charge in [-0.2, -0.15) is 5.26 Å². The van der Waals surface area contributed by atoms with Crippen LogP contribution in [-0.4, -0.2) is 28.5 Å². The summed E-state index contributed by atoms with van der Waals surface area (Å²) >= 11 is 0. The van der Waals surface area contributed by atoms with E-state index >= 15 is 0 Å². The normalized spacial score (nSPS) is 9.93. The molecular formula is C21H17N5O3. The summed E-state index contributed by atoms with van der Waals surface area (Å²) in [7, 11) is 0. The molecule has 0 atom stereocenters. The third-order valence-corrected chi connectivity index (χ3v) is 3.84. The van der Waals surface area contributed by atoms with Crippen molar-refractivity contribution in [3.63, 3.8) is 0 Å². The summed E-state index contributed by atoms with van der Waals surface area (Å²) in [4.78, 5) is 32.6. The molecule has 0 saturated carbocycles. The Morgan fingerprint density at radius 2 is 1.83 bits per heavy atom. The summed E-state index contributed by atoms with van der Waals surface area (Å²) in [5, 5.41) is 14.5. The largest absolute Gasteiger partial charge is 0.462 e. The Balaban J connectivity index is 1.70. The second kappa shape index (κ2) is 9.10. The van der Waals surface area contributed by atoms with Crippen molar-refractivity contribution in [2.24, 2.45) is 0 Å². The zero-order valence-electron chi connectivity index (χ0n) is 15.5. The number of aromatic nitrogens is 2. The highest BCUT2D eigenvalue weighted by Gasteiger charge is 2.13. The molecular weight excluding hydrogens is 370 g/mol. The molecule has 0 aliphatic heterocycles. The van der Waals surface area contributed by atoms with Crippen LogP contribution >= 0.6 is 0 Å². The van der Waals surface area contributed by atoms with Crippen molar-refractivity contribution >= 4 is 29.1 Å². The van der Waals surface area contributed by atoms with Crippen molar-refractivity contribution in [3.05, 3.63) is 77.7 Å². The number of para-hydroxylation sites is 1. The number of rotatable bonds is 6. The van der Waals surface area contributed by atoms with E-state index in [0.29, 0.717) is 28.3 Å². The first-order chi connectivity index (χ1) is 14.1. The predicted octanol–water partition coefficient (Wildman–Crippen LogP) is 3.52. The topological polar surface area (TPSA) is 117 Å². The molecule has 29 heavy (non-hydrogen) atoms. The van der Waals surface area contributed by atoms with E-state index in [1.54, 1.807) is 55.5 Å². The molecule has 0 bridgehead atoms. The van der Waals surface area contributed by atoms with Crippen LogP contribution < -0.4 is 10.6 Å². The number of benzene rings is 2. The lowest BCUT2D eigenvalue weighted by molar-refractivity contribution is 0.0527. The maximum atomic E-state index is 12.3. The molecule has 1 amide bonds.